The van der Waals surface area contributed by atoms with Gasteiger partial charge in [-0.05, 0) is 88.3 Å². The fraction of sp³-hybridized carbons (Fsp3) is 0.606. The molecule has 6 heteroatoms. The topological polar surface area (TPSA) is 63.2 Å². The van der Waals surface area contributed by atoms with Crippen molar-refractivity contribution in [3.63, 3.8) is 0 Å². The zero-order valence-corrected chi connectivity index (χ0v) is 25.7. The maximum atomic E-state index is 12.6. The lowest BCUT2D eigenvalue weighted by Gasteiger charge is -2.32. The molecule has 2 aromatic rings. The molecule has 218 valence electrons. The summed E-state index contributed by atoms with van der Waals surface area (Å²) in [5.41, 5.74) is 1.20. The Kier molecular flexibility index (Phi) is 12.3. The smallest absolute Gasteiger partial charge is 0.306 e. The molecule has 0 saturated heterocycles. The van der Waals surface area contributed by atoms with Gasteiger partial charge in [-0.25, -0.2) is 0 Å². The molecule has 0 bridgehead atoms. The second-order valence-corrected chi connectivity index (χ2v) is 12.3. The summed E-state index contributed by atoms with van der Waals surface area (Å²) >= 11 is 0. The van der Waals surface area contributed by atoms with Gasteiger partial charge in [0.2, 0.25) is 0 Å². The second-order valence-electron chi connectivity index (χ2n) is 12.3. The highest BCUT2D eigenvalue weighted by atomic mass is 16.7. The summed E-state index contributed by atoms with van der Waals surface area (Å²) in [5.74, 6) is 2.15. The van der Waals surface area contributed by atoms with Crippen LogP contribution in [0.25, 0.3) is 0 Å². The number of ether oxygens (including phenoxy) is 5. The number of hydrogen-bond donors (Lipinski definition) is 0. The molecule has 39 heavy (non-hydrogen) atoms. The largest absolute Gasteiger partial charge is 0.465 e. The summed E-state index contributed by atoms with van der Waals surface area (Å²) in [6, 6.07) is 16.1. The molecule has 0 aliphatic rings. The van der Waals surface area contributed by atoms with E-state index in [4.69, 9.17) is 23.7 Å². The summed E-state index contributed by atoms with van der Waals surface area (Å²) in [7, 11) is 0. The Morgan fingerprint density at radius 2 is 1.05 bits per heavy atom. The van der Waals surface area contributed by atoms with Gasteiger partial charge >= 0.3 is 5.97 Å². The van der Waals surface area contributed by atoms with Gasteiger partial charge in [0, 0.05) is 11.8 Å². The average Bonchev–Trinajstić information content (AvgIpc) is 2.84. The minimum Gasteiger partial charge on any atom is -0.465 e. The van der Waals surface area contributed by atoms with E-state index in [2.05, 4.69) is 58.9 Å². The van der Waals surface area contributed by atoms with Crippen molar-refractivity contribution in [3.8, 4) is 11.5 Å². The van der Waals surface area contributed by atoms with Crippen LogP contribution in [0.15, 0.2) is 48.5 Å². The summed E-state index contributed by atoms with van der Waals surface area (Å²) in [4.78, 5) is 12.6. The van der Waals surface area contributed by atoms with Crippen LogP contribution >= 0.6 is 0 Å². The molecule has 0 spiro atoms. The van der Waals surface area contributed by atoms with Gasteiger partial charge in [-0.3, -0.25) is 4.79 Å². The van der Waals surface area contributed by atoms with Crippen molar-refractivity contribution >= 4 is 5.97 Å². The Hall–Kier alpha value is -2.57. The van der Waals surface area contributed by atoms with Gasteiger partial charge < -0.3 is 23.7 Å². The zero-order chi connectivity index (χ0) is 29.2. The van der Waals surface area contributed by atoms with Gasteiger partial charge in [-0.2, -0.15) is 0 Å². The molecule has 0 aromatic heterocycles. The summed E-state index contributed by atoms with van der Waals surface area (Å²) in [6.07, 6.45) is 0.210. The number of hydrogen-bond acceptors (Lipinski definition) is 6. The lowest BCUT2D eigenvalue weighted by atomic mass is 9.73. The Balaban J connectivity index is 2.24. The molecule has 2 rings (SSSR count). The first-order chi connectivity index (χ1) is 18.2. The Morgan fingerprint density at radius 3 is 1.38 bits per heavy atom. The number of benzene rings is 2. The van der Waals surface area contributed by atoms with Crippen LogP contribution in [0.5, 0.6) is 11.5 Å². The third-order valence-electron chi connectivity index (χ3n) is 6.16. The minimum absolute atomic E-state index is 0.208. The van der Waals surface area contributed by atoms with Crippen LogP contribution < -0.4 is 9.47 Å². The number of rotatable bonds is 15. The third kappa shape index (κ3) is 11.6. The summed E-state index contributed by atoms with van der Waals surface area (Å²) in [5, 5.41) is 0. The lowest BCUT2D eigenvalue weighted by Crippen LogP contribution is -2.28. The van der Waals surface area contributed by atoms with E-state index in [1.54, 1.807) is 0 Å². The molecule has 0 saturated carbocycles. The van der Waals surface area contributed by atoms with Gasteiger partial charge in [-0.1, -0.05) is 58.9 Å². The molecule has 2 aromatic carbocycles. The fourth-order valence-electron chi connectivity index (χ4n) is 4.11. The quantitative estimate of drug-likeness (QED) is 0.168. The highest BCUT2D eigenvalue weighted by Crippen LogP contribution is 2.38. The van der Waals surface area contributed by atoms with Crippen LogP contribution in [0.3, 0.4) is 0 Å². The van der Waals surface area contributed by atoms with Gasteiger partial charge in [0.25, 0.3) is 0 Å². The highest BCUT2D eigenvalue weighted by molar-refractivity contribution is 5.70. The van der Waals surface area contributed by atoms with Crippen LogP contribution in [-0.4, -0.2) is 37.4 Å². The first-order valence-corrected chi connectivity index (χ1v) is 14.2. The Bertz CT molecular complexity index is 925. The summed E-state index contributed by atoms with van der Waals surface area (Å²) < 4.78 is 29.0. The maximum absolute atomic E-state index is 12.6. The standard InChI is InChI=1S/C33H50O6/c1-23(2)21-35-25(5)37-29-15-11-27(12-16-29)33(10,20-19-31(34)39-32(7,8)9)28-13-17-30(18-14-28)38-26(6)36-22-24(3)4/h11-18,23-26H,19-22H2,1-10H3. The molecular formula is C33H50O6. The molecule has 0 heterocycles. The Morgan fingerprint density at radius 1 is 0.667 bits per heavy atom. The molecule has 0 aliphatic carbocycles. The van der Waals surface area contributed by atoms with Crippen LogP contribution in [0.1, 0.15) is 93.2 Å². The van der Waals surface area contributed by atoms with Gasteiger partial charge in [0.05, 0.1) is 13.2 Å². The lowest BCUT2D eigenvalue weighted by molar-refractivity contribution is -0.155. The van der Waals surface area contributed by atoms with E-state index in [9.17, 15) is 4.79 Å². The average molecular weight is 543 g/mol. The predicted octanol–water partition coefficient (Wildman–Crippen LogP) is 7.91. The first-order valence-electron chi connectivity index (χ1n) is 14.2. The van der Waals surface area contributed by atoms with E-state index in [1.165, 1.54) is 0 Å². The zero-order valence-electron chi connectivity index (χ0n) is 25.7. The van der Waals surface area contributed by atoms with Crippen molar-refractivity contribution in [3.05, 3.63) is 59.7 Å². The molecule has 0 amide bonds. The molecule has 2 unspecified atom stereocenters. The van der Waals surface area contributed by atoms with E-state index in [1.807, 2.05) is 58.9 Å². The van der Waals surface area contributed by atoms with Crippen molar-refractivity contribution < 1.29 is 28.5 Å². The van der Waals surface area contributed by atoms with Crippen LogP contribution in [-0.2, 0) is 24.4 Å². The van der Waals surface area contributed by atoms with Crippen LogP contribution in [0.4, 0.5) is 0 Å². The van der Waals surface area contributed by atoms with E-state index < -0.39 is 11.0 Å². The molecule has 2 atom stereocenters. The minimum atomic E-state index is -0.520. The first kappa shape index (κ1) is 32.6. The number of carbonyl (C=O) groups excluding carboxylic acids is 1. The van der Waals surface area contributed by atoms with Crippen LogP contribution in [0.2, 0.25) is 0 Å². The van der Waals surface area contributed by atoms with E-state index >= 15 is 0 Å². The molecule has 0 radical (unpaired) electrons. The van der Waals surface area contributed by atoms with Gasteiger partial charge in [0.15, 0.2) is 12.6 Å². The number of carbonyl (C=O) groups is 1. The monoisotopic (exact) mass is 542 g/mol. The van der Waals surface area contributed by atoms with E-state index in [0.717, 1.165) is 22.6 Å². The van der Waals surface area contributed by atoms with Crippen molar-refractivity contribution in [2.45, 2.75) is 106 Å². The van der Waals surface area contributed by atoms with Crippen molar-refractivity contribution in [2.24, 2.45) is 11.8 Å². The Labute approximate surface area is 236 Å². The maximum Gasteiger partial charge on any atom is 0.306 e. The SMILES string of the molecule is CC(C)COC(C)Oc1ccc(C(C)(CCC(=O)OC(C)(C)C)c2ccc(OC(C)OCC(C)C)cc2)cc1. The molecule has 6 nitrogen and oxygen atoms in total. The van der Waals surface area contributed by atoms with Gasteiger partial charge in [0.1, 0.15) is 17.1 Å². The highest BCUT2D eigenvalue weighted by Gasteiger charge is 2.31. The van der Waals surface area contributed by atoms with Crippen molar-refractivity contribution in [2.75, 3.05) is 13.2 Å². The van der Waals surface area contributed by atoms with E-state index in [-0.39, 0.29) is 18.5 Å². The van der Waals surface area contributed by atoms with Crippen molar-refractivity contribution in [1.82, 2.24) is 0 Å². The van der Waals surface area contributed by atoms with Gasteiger partial charge in [-0.15, -0.1) is 0 Å². The second kappa shape index (κ2) is 14.7. The number of esters is 1. The molecular weight excluding hydrogens is 492 g/mol. The van der Waals surface area contributed by atoms with Crippen LogP contribution in [0, 0.1) is 11.8 Å². The fourth-order valence-corrected chi connectivity index (χ4v) is 4.11. The van der Waals surface area contributed by atoms with Crippen molar-refractivity contribution in [1.29, 1.82) is 0 Å². The molecule has 0 N–H and O–H groups in total. The third-order valence-corrected chi connectivity index (χ3v) is 6.16. The summed E-state index contributed by atoms with van der Waals surface area (Å²) in [6.45, 7) is 21.4. The normalized spacial score (nSPS) is 15.1. The molecule has 0 aliphatic heterocycles. The predicted molar refractivity (Wildman–Crippen MR) is 156 cm³/mol. The van der Waals surface area contributed by atoms with E-state index in [0.29, 0.717) is 37.9 Å². The molecule has 0 fully saturated rings.